The highest BCUT2D eigenvalue weighted by atomic mass is 16.1. The Kier molecular flexibility index (Phi) is 3.84. The highest BCUT2D eigenvalue weighted by Crippen LogP contribution is 2.21. The average Bonchev–Trinajstić information content (AvgIpc) is 2.57. The molecule has 1 N–H and O–H groups in total. The van der Waals surface area contributed by atoms with Crippen LogP contribution in [0.3, 0.4) is 0 Å². The number of nitrogens with one attached hydrogen (secondary N) is 1. The first-order valence-electron chi connectivity index (χ1n) is 6.42. The summed E-state index contributed by atoms with van der Waals surface area (Å²) >= 11 is 0. The van der Waals surface area contributed by atoms with Gasteiger partial charge in [-0.3, -0.25) is 9.69 Å². The molecular formula is C13H23N3O. The molecule has 2 aliphatic heterocycles. The van der Waals surface area contributed by atoms with Crippen LogP contribution < -0.4 is 5.32 Å². The minimum absolute atomic E-state index is 0.0585. The summed E-state index contributed by atoms with van der Waals surface area (Å²) in [4.78, 5) is 16.5. The molecule has 0 spiro atoms. The highest BCUT2D eigenvalue weighted by Gasteiger charge is 2.35. The van der Waals surface area contributed by atoms with Crippen LogP contribution in [0.15, 0.2) is 11.6 Å². The Labute approximate surface area is 104 Å². The lowest BCUT2D eigenvalue weighted by Gasteiger charge is -2.34. The van der Waals surface area contributed by atoms with Crippen molar-refractivity contribution in [2.24, 2.45) is 0 Å². The molecule has 2 heterocycles. The summed E-state index contributed by atoms with van der Waals surface area (Å²) in [6.07, 6.45) is 2.77. The molecule has 96 valence electrons. The summed E-state index contributed by atoms with van der Waals surface area (Å²) in [7, 11) is 2.17. The Balaban J connectivity index is 1.85. The number of piperazine rings is 1. The molecule has 0 aromatic rings. The van der Waals surface area contributed by atoms with Gasteiger partial charge in [-0.25, -0.2) is 0 Å². The van der Waals surface area contributed by atoms with E-state index in [1.807, 2.05) is 13.8 Å². The third kappa shape index (κ3) is 3.30. The van der Waals surface area contributed by atoms with Gasteiger partial charge in [0.2, 0.25) is 5.91 Å². The lowest BCUT2D eigenvalue weighted by molar-refractivity contribution is -0.117. The van der Waals surface area contributed by atoms with E-state index in [0.29, 0.717) is 12.1 Å². The Hall–Kier alpha value is -0.870. The van der Waals surface area contributed by atoms with Gasteiger partial charge in [-0.2, -0.15) is 0 Å². The van der Waals surface area contributed by atoms with Crippen LogP contribution in [0, 0.1) is 0 Å². The predicted octanol–water partition coefficient (Wildman–Crippen LogP) is 0.457. The topological polar surface area (TPSA) is 35.6 Å². The SMILES string of the molecule is CC(C)=CC(=O)N[C@H]1C[C@H]2CN(C)CCN2C1. The maximum Gasteiger partial charge on any atom is 0.244 e. The number of rotatable bonds is 2. The molecule has 2 aliphatic rings. The van der Waals surface area contributed by atoms with Crippen LogP contribution in [-0.2, 0) is 4.79 Å². The molecule has 2 saturated heterocycles. The van der Waals surface area contributed by atoms with E-state index in [9.17, 15) is 4.79 Å². The van der Waals surface area contributed by atoms with Crippen LogP contribution in [0.25, 0.3) is 0 Å². The van der Waals surface area contributed by atoms with E-state index in [1.54, 1.807) is 6.08 Å². The van der Waals surface area contributed by atoms with Gasteiger partial charge in [-0.15, -0.1) is 0 Å². The minimum atomic E-state index is 0.0585. The van der Waals surface area contributed by atoms with Crippen molar-refractivity contribution in [1.29, 1.82) is 0 Å². The first-order chi connectivity index (χ1) is 8.04. The number of hydrogen-bond acceptors (Lipinski definition) is 3. The Morgan fingerprint density at radius 1 is 1.29 bits per heavy atom. The van der Waals surface area contributed by atoms with E-state index in [0.717, 1.165) is 38.2 Å². The third-order valence-electron chi connectivity index (χ3n) is 3.59. The molecule has 1 amide bonds. The van der Waals surface area contributed by atoms with Crippen LogP contribution in [0.4, 0.5) is 0 Å². The van der Waals surface area contributed by atoms with Gasteiger partial charge in [-0.05, 0) is 27.3 Å². The van der Waals surface area contributed by atoms with E-state index in [4.69, 9.17) is 0 Å². The predicted molar refractivity (Wildman–Crippen MR) is 68.8 cm³/mol. The van der Waals surface area contributed by atoms with Crippen molar-refractivity contribution in [2.45, 2.75) is 32.4 Å². The van der Waals surface area contributed by atoms with Crippen molar-refractivity contribution in [3.05, 3.63) is 11.6 Å². The van der Waals surface area contributed by atoms with E-state index >= 15 is 0 Å². The van der Waals surface area contributed by atoms with Gasteiger partial charge >= 0.3 is 0 Å². The monoisotopic (exact) mass is 237 g/mol. The molecule has 4 nitrogen and oxygen atoms in total. The zero-order chi connectivity index (χ0) is 12.4. The fourth-order valence-electron chi connectivity index (χ4n) is 2.81. The zero-order valence-corrected chi connectivity index (χ0v) is 11.1. The number of amides is 1. The first-order valence-corrected chi connectivity index (χ1v) is 6.42. The molecule has 0 aliphatic carbocycles. The number of likely N-dealkylation sites (N-methyl/N-ethyl adjacent to an activating group) is 1. The Bertz CT molecular complexity index is 323. The van der Waals surface area contributed by atoms with Crippen LogP contribution >= 0.6 is 0 Å². The molecule has 17 heavy (non-hydrogen) atoms. The fourth-order valence-corrected chi connectivity index (χ4v) is 2.81. The summed E-state index contributed by atoms with van der Waals surface area (Å²) in [5.41, 5.74) is 1.05. The van der Waals surface area contributed by atoms with Gasteiger partial charge < -0.3 is 10.2 Å². The van der Waals surface area contributed by atoms with E-state index < -0.39 is 0 Å². The molecule has 0 radical (unpaired) electrons. The minimum Gasteiger partial charge on any atom is -0.348 e. The maximum atomic E-state index is 11.7. The highest BCUT2D eigenvalue weighted by molar-refractivity contribution is 5.88. The van der Waals surface area contributed by atoms with Crippen molar-refractivity contribution in [1.82, 2.24) is 15.1 Å². The first kappa shape index (κ1) is 12.6. The summed E-state index contributed by atoms with van der Waals surface area (Å²) in [5, 5.41) is 3.11. The summed E-state index contributed by atoms with van der Waals surface area (Å²) in [5.74, 6) is 0.0585. The molecule has 4 heteroatoms. The van der Waals surface area contributed by atoms with Gasteiger partial charge in [0, 0.05) is 44.3 Å². The van der Waals surface area contributed by atoms with E-state index in [2.05, 4.69) is 22.2 Å². The van der Waals surface area contributed by atoms with Crippen molar-refractivity contribution in [3.8, 4) is 0 Å². The second kappa shape index (κ2) is 5.19. The standard InChI is InChI=1S/C13H23N3O/c1-10(2)6-13(17)14-11-7-12-9-15(3)4-5-16(12)8-11/h6,11-12H,4-5,7-9H2,1-3H3,(H,14,17)/t11-,12-/m0/s1. The van der Waals surface area contributed by atoms with E-state index in [1.165, 1.54) is 0 Å². The van der Waals surface area contributed by atoms with Crippen LogP contribution in [0.1, 0.15) is 20.3 Å². The number of nitrogens with zero attached hydrogens (tertiary/aromatic N) is 2. The van der Waals surface area contributed by atoms with Crippen molar-refractivity contribution >= 4 is 5.91 Å². The summed E-state index contributed by atoms with van der Waals surface area (Å²) < 4.78 is 0. The van der Waals surface area contributed by atoms with Crippen molar-refractivity contribution < 1.29 is 4.79 Å². The molecule has 2 atom stereocenters. The quantitative estimate of drug-likeness (QED) is 0.709. The number of carbonyl (C=O) groups excluding carboxylic acids is 1. The number of allylic oxidation sites excluding steroid dienone is 1. The second-order valence-electron chi connectivity index (χ2n) is 5.57. The van der Waals surface area contributed by atoms with Gasteiger partial charge in [-0.1, -0.05) is 5.57 Å². The smallest absolute Gasteiger partial charge is 0.244 e. The molecule has 0 aromatic carbocycles. The Morgan fingerprint density at radius 2 is 2.06 bits per heavy atom. The molecule has 2 rings (SSSR count). The molecular weight excluding hydrogens is 214 g/mol. The maximum absolute atomic E-state index is 11.7. The van der Waals surface area contributed by atoms with Gasteiger partial charge in [0.1, 0.15) is 0 Å². The number of carbonyl (C=O) groups is 1. The van der Waals surface area contributed by atoms with Crippen LogP contribution in [0.5, 0.6) is 0 Å². The average molecular weight is 237 g/mol. The number of hydrogen-bond donors (Lipinski definition) is 1. The molecule has 2 fully saturated rings. The second-order valence-corrected chi connectivity index (χ2v) is 5.57. The van der Waals surface area contributed by atoms with Crippen molar-refractivity contribution in [2.75, 3.05) is 33.2 Å². The van der Waals surface area contributed by atoms with Gasteiger partial charge in [0.15, 0.2) is 0 Å². The fraction of sp³-hybridized carbons (Fsp3) is 0.769. The van der Waals surface area contributed by atoms with Crippen molar-refractivity contribution in [3.63, 3.8) is 0 Å². The Morgan fingerprint density at radius 3 is 2.76 bits per heavy atom. The van der Waals surface area contributed by atoms with Gasteiger partial charge in [0.25, 0.3) is 0 Å². The normalized spacial score (nSPS) is 29.8. The van der Waals surface area contributed by atoms with Crippen LogP contribution in [0.2, 0.25) is 0 Å². The summed E-state index contributed by atoms with van der Waals surface area (Å²) in [6, 6.07) is 0.959. The molecule has 0 bridgehead atoms. The van der Waals surface area contributed by atoms with Crippen LogP contribution in [-0.4, -0.2) is 61.0 Å². The molecule has 0 aromatic heterocycles. The van der Waals surface area contributed by atoms with E-state index in [-0.39, 0.29) is 5.91 Å². The largest absolute Gasteiger partial charge is 0.348 e. The lowest BCUT2D eigenvalue weighted by Crippen LogP contribution is -2.48. The molecule has 0 saturated carbocycles. The number of fused-ring (bicyclic) bond motifs is 1. The lowest BCUT2D eigenvalue weighted by atomic mass is 10.1. The summed E-state index contributed by atoms with van der Waals surface area (Å²) in [6.45, 7) is 8.33. The van der Waals surface area contributed by atoms with Gasteiger partial charge in [0.05, 0.1) is 0 Å². The zero-order valence-electron chi connectivity index (χ0n) is 11.1. The molecule has 0 unspecified atom stereocenters. The third-order valence-corrected chi connectivity index (χ3v) is 3.59.